The highest BCUT2D eigenvalue weighted by atomic mass is 35.5. The van der Waals surface area contributed by atoms with Crippen molar-refractivity contribution in [2.75, 3.05) is 23.1 Å². The van der Waals surface area contributed by atoms with E-state index in [1.54, 1.807) is 18.2 Å². The van der Waals surface area contributed by atoms with Crippen molar-refractivity contribution in [3.8, 4) is 0 Å². The largest absolute Gasteiger partial charge is 0.322 e. The van der Waals surface area contributed by atoms with Crippen LogP contribution in [0.5, 0.6) is 0 Å². The highest BCUT2D eigenvalue weighted by Gasteiger charge is 2.27. The van der Waals surface area contributed by atoms with Gasteiger partial charge in [-0.15, -0.1) is 0 Å². The van der Waals surface area contributed by atoms with E-state index in [1.807, 2.05) is 13.8 Å². The van der Waals surface area contributed by atoms with Crippen LogP contribution in [-0.4, -0.2) is 40.1 Å². The van der Waals surface area contributed by atoms with Gasteiger partial charge < -0.3 is 5.32 Å². The molecule has 0 aliphatic carbocycles. The van der Waals surface area contributed by atoms with Crippen LogP contribution in [0.25, 0.3) is 0 Å². The Morgan fingerprint density at radius 1 is 0.833 bits per heavy atom. The first-order valence-electron chi connectivity index (χ1n) is 11.3. The molecule has 0 bridgehead atoms. The van der Waals surface area contributed by atoms with Gasteiger partial charge in [0.2, 0.25) is 10.0 Å². The van der Waals surface area contributed by atoms with E-state index in [1.165, 1.54) is 46.8 Å². The molecule has 11 heteroatoms. The lowest BCUT2D eigenvalue weighted by Gasteiger charge is -2.16. The Morgan fingerprint density at radius 3 is 2.11 bits per heavy atom. The summed E-state index contributed by atoms with van der Waals surface area (Å²) in [5, 5.41) is 2.63. The van der Waals surface area contributed by atoms with Crippen LogP contribution in [0.15, 0.2) is 70.5 Å². The number of anilines is 2. The van der Waals surface area contributed by atoms with Crippen LogP contribution in [0.4, 0.5) is 11.4 Å². The van der Waals surface area contributed by atoms with E-state index < -0.39 is 26.0 Å². The minimum Gasteiger partial charge on any atom is -0.322 e. The summed E-state index contributed by atoms with van der Waals surface area (Å²) < 4.78 is 55.3. The quantitative estimate of drug-likeness (QED) is 0.441. The first-order chi connectivity index (χ1) is 17.0. The third-order valence-electron chi connectivity index (χ3n) is 6.06. The molecule has 190 valence electrons. The normalized spacial score (nSPS) is 14.5. The smallest absolute Gasteiger partial charge is 0.263 e. The van der Waals surface area contributed by atoms with Gasteiger partial charge in [-0.05, 0) is 92.4 Å². The van der Waals surface area contributed by atoms with Gasteiger partial charge in [0, 0.05) is 30.0 Å². The van der Waals surface area contributed by atoms with Gasteiger partial charge in [-0.2, -0.15) is 4.31 Å². The zero-order chi connectivity index (χ0) is 26.1. The molecule has 1 aliphatic heterocycles. The minimum absolute atomic E-state index is 0.0284. The molecule has 0 unspecified atom stereocenters. The monoisotopic (exact) mass is 547 g/mol. The Labute approximate surface area is 216 Å². The van der Waals surface area contributed by atoms with E-state index in [4.69, 9.17) is 11.6 Å². The van der Waals surface area contributed by atoms with Crippen LogP contribution in [0, 0.1) is 13.8 Å². The molecular weight excluding hydrogens is 522 g/mol. The molecule has 3 aromatic carbocycles. The molecule has 2 N–H and O–H groups in total. The van der Waals surface area contributed by atoms with E-state index >= 15 is 0 Å². The first-order valence-corrected chi connectivity index (χ1v) is 14.6. The lowest BCUT2D eigenvalue weighted by atomic mass is 10.1. The molecule has 1 heterocycles. The summed E-state index contributed by atoms with van der Waals surface area (Å²) in [7, 11) is -7.63. The summed E-state index contributed by atoms with van der Waals surface area (Å²) in [5.74, 6) is -0.565. The molecule has 1 fully saturated rings. The number of hydrogen-bond acceptors (Lipinski definition) is 5. The van der Waals surface area contributed by atoms with Crippen LogP contribution in [0.1, 0.15) is 34.3 Å². The number of halogens is 1. The van der Waals surface area contributed by atoms with Crippen LogP contribution < -0.4 is 10.0 Å². The summed E-state index contributed by atoms with van der Waals surface area (Å²) in [6, 6.07) is 15.0. The number of benzene rings is 3. The average Bonchev–Trinajstić information content (AvgIpc) is 3.38. The standard InChI is InChI=1S/C25H26ClN3O5S2/c1-17-5-7-21(15-18(17)2)28-35(31,32)24-16-19(6-12-23(24)26)25(30)27-20-8-10-22(11-9-20)36(33,34)29-13-3-4-14-29/h5-12,15-16,28H,3-4,13-14H2,1-2H3,(H,27,30). The molecule has 0 radical (unpaired) electrons. The van der Waals surface area contributed by atoms with E-state index in [0.717, 1.165) is 24.0 Å². The molecule has 1 amide bonds. The van der Waals surface area contributed by atoms with Crippen molar-refractivity contribution < 1.29 is 21.6 Å². The van der Waals surface area contributed by atoms with Gasteiger partial charge in [0.25, 0.3) is 15.9 Å². The summed E-state index contributed by atoms with van der Waals surface area (Å²) in [5.41, 5.74) is 2.78. The van der Waals surface area contributed by atoms with Gasteiger partial charge in [0.1, 0.15) is 4.90 Å². The summed E-state index contributed by atoms with van der Waals surface area (Å²) >= 11 is 6.17. The van der Waals surface area contributed by atoms with Crippen LogP contribution in [-0.2, 0) is 20.0 Å². The topological polar surface area (TPSA) is 113 Å². The van der Waals surface area contributed by atoms with Crippen molar-refractivity contribution in [1.29, 1.82) is 0 Å². The van der Waals surface area contributed by atoms with E-state index in [2.05, 4.69) is 10.0 Å². The Hall–Kier alpha value is -2.92. The molecule has 4 rings (SSSR count). The number of carbonyl (C=O) groups is 1. The fraction of sp³-hybridized carbons (Fsp3) is 0.240. The van der Waals surface area contributed by atoms with Crippen molar-refractivity contribution in [3.63, 3.8) is 0 Å². The van der Waals surface area contributed by atoms with Gasteiger partial charge in [-0.25, -0.2) is 16.8 Å². The fourth-order valence-corrected chi connectivity index (χ4v) is 6.95. The van der Waals surface area contributed by atoms with Crippen molar-refractivity contribution in [2.45, 2.75) is 36.5 Å². The number of hydrogen-bond donors (Lipinski definition) is 2. The Balaban J connectivity index is 1.52. The van der Waals surface area contributed by atoms with Gasteiger partial charge in [0.05, 0.1) is 9.92 Å². The molecule has 0 saturated carbocycles. The van der Waals surface area contributed by atoms with Crippen LogP contribution in [0.2, 0.25) is 5.02 Å². The highest BCUT2D eigenvalue weighted by molar-refractivity contribution is 7.92. The maximum atomic E-state index is 13.0. The van der Waals surface area contributed by atoms with Gasteiger partial charge in [-0.1, -0.05) is 17.7 Å². The van der Waals surface area contributed by atoms with Crippen molar-refractivity contribution in [1.82, 2.24) is 4.31 Å². The van der Waals surface area contributed by atoms with E-state index in [-0.39, 0.29) is 20.4 Å². The summed E-state index contributed by atoms with van der Waals surface area (Å²) in [6.45, 7) is 4.80. The summed E-state index contributed by atoms with van der Waals surface area (Å²) in [6.07, 6.45) is 1.68. The number of amides is 1. The molecular formula is C25H26ClN3O5S2. The van der Waals surface area contributed by atoms with E-state index in [9.17, 15) is 21.6 Å². The maximum absolute atomic E-state index is 13.0. The molecule has 0 atom stereocenters. The lowest BCUT2D eigenvalue weighted by Crippen LogP contribution is -2.27. The molecule has 0 aromatic heterocycles. The SMILES string of the molecule is Cc1ccc(NS(=O)(=O)c2cc(C(=O)Nc3ccc(S(=O)(=O)N4CCCC4)cc3)ccc2Cl)cc1C. The number of nitrogens with zero attached hydrogens (tertiary/aromatic N) is 1. The van der Waals surface area contributed by atoms with Crippen molar-refractivity contribution >= 4 is 48.9 Å². The second-order valence-electron chi connectivity index (χ2n) is 8.64. The molecule has 8 nitrogen and oxygen atoms in total. The fourth-order valence-electron chi connectivity index (χ4n) is 3.86. The second kappa shape index (κ2) is 10.2. The first kappa shape index (κ1) is 26.2. The number of nitrogens with one attached hydrogen (secondary N) is 2. The van der Waals surface area contributed by atoms with Gasteiger partial charge in [-0.3, -0.25) is 9.52 Å². The van der Waals surface area contributed by atoms with Crippen LogP contribution in [0.3, 0.4) is 0 Å². The maximum Gasteiger partial charge on any atom is 0.263 e. The molecule has 1 saturated heterocycles. The lowest BCUT2D eigenvalue weighted by molar-refractivity contribution is 0.102. The number of aryl methyl sites for hydroxylation is 2. The van der Waals surface area contributed by atoms with Crippen molar-refractivity contribution in [2.24, 2.45) is 0 Å². The predicted octanol–water partition coefficient (Wildman–Crippen LogP) is 4.79. The predicted molar refractivity (Wildman–Crippen MR) is 141 cm³/mol. The molecule has 0 spiro atoms. The second-order valence-corrected chi connectivity index (χ2v) is 12.6. The summed E-state index contributed by atoms with van der Waals surface area (Å²) in [4.78, 5) is 12.8. The zero-order valence-electron chi connectivity index (χ0n) is 19.8. The molecule has 1 aliphatic rings. The van der Waals surface area contributed by atoms with Gasteiger partial charge >= 0.3 is 0 Å². The molecule has 3 aromatic rings. The van der Waals surface area contributed by atoms with Gasteiger partial charge in [0.15, 0.2) is 0 Å². The molecule has 36 heavy (non-hydrogen) atoms. The highest BCUT2D eigenvalue weighted by Crippen LogP contribution is 2.27. The Morgan fingerprint density at radius 2 is 1.47 bits per heavy atom. The number of carbonyl (C=O) groups excluding carboxylic acids is 1. The number of rotatable bonds is 7. The zero-order valence-corrected chi connectivity index (χ0v) is 22.2. The third-order valence-corrected chi connectivity index (χ3v) is 9.83. The average molecular weight is 548 g/mol. The third kappa shape index (κ3) is 5.57. The Bertz CT molecular complexity index is 1520. The van der Waals surface area contributed by atoms with E-state index in [0.29, 0.717) is 24.5 Å². The van der Waals surface area contributed by atoms with Crippen molar-refractivity contribution in [3.05, 3.63) is 82.4 Å². The minimum atomic E-state index is -4.07. The Kier molecular flexibility index (Phi) is 7.42. The number of sulfonamides is 2. The van der Waals surface area contributed by atoms with Crippen LogP contribution >= 0.6 is 11.6 Å².